The van der Waals surface area contributed by atoms with Crippen molar-refractivity contribution >= 4 is 5.82 Å². The zero-order valence-electron chi connectivity index (χ0n) is 10.8. The van der Waals surface area contributed by atoms with Gasteiger partial charge in [-0.1, -0.05) is 6.92 Å². The number of rotatable bonds is 5. The molecule has 4 nitrogen and oxygen atoms in total. The van der Waals surface area contributed by atoms with Crippen LogP contribution in [-0.2, 0) is 10.3 Å². The van der Waals surface area contributed by atoms with E-state index in [2.05, 4.69) is 22.2 Å². The van der Waals surface area contributed by atoms with Crippen molar-refractivity contribution in [3.63, 3.8) is 0 Å². The minimum Gasteiger partial charge on any atom is -0.371 e. The van der Waals surface area contributed by atoms with Gasteiger partial charge in [-0.3, -0.25) is 0 Å². The van der Waals surface area contributed by atoms with Crippen molar-refractivity contribution in [2.24, 2.45) is 0 Å². The van der Waals surface area contributed by atoms with Crippen molar-refractivity contribution in [1.29, 1.82) is 0 Å². The van der Waals surface area contributed by atoms with Crippen LogP contribution in [0.5, 0.6) is 0 Å². The van der Waals surface area contributed by atoms with E-state index in [-0.39, 0.29) is 0 Å². The van der Waals surface area contributed by atoms with Crippen LogP contribution >= 0.6 is 0 Å². The lowest BCUT2D eigenvalue weighted by Crippen LogP contribution is -2.27. The summed E-state index contributed by atoms with van der Waals surface area (Å²) in [7, 11) is 1.70. The molecule has 0 aliphatic rings. The van der Waals surface area contributed by atoms with E-state index < -0.39 is 5.60 Å². The Kier molecular flexibility index (Phi) is 4.24. The van der Waals surface area contributed by atoms with Gasteiger partial charge in [0.05, 0.1) is 0 Å². The molecule has 1 rings (SSSR count). The lowest BCUT2D eigenvalue weighted by atomic mass is 10.0. The fourth-order valence-corrected chi connectivity index (χ4v) is 1.47. The Morgan fingerprint density at radius 3 is 2.56 bits per heavy atom. The Balaban J connectivity index is 3.12. The first-order valence-electron chi connectivity index (χ1n) is 5.71. The average molecular weight is 223 g/mol. The van der Waals surface area contributed by atoms with E-state index >= 15 is 0 Å². The summed E-state index contributed by atoms with van der Waals surface area (Å²) < 4.78 is 5.51. The van der Waals surface area contributed by atoms with E-state index in [0.717, 1.165) is 30.3 Å². The standard InChI is InChI=1S/C12H21N3O/c1-6-12(4,16-5)11-14-9(3)8-10(15-11)13-7-2/h8H,6-7H2,1-5H3,(H,13,14,15). The highest BCUT2D eigenvalue weighted by atomic mass is 16.5. The number of methoxy groups -OCH3 is 1. The Bertz CT molecular complexity index is 348. The first kappa shape index (κ1) is 12.9. The molecule has 0 fully saturated rings. The van der Waals surface area contributed by atoms with Crippen molar-refractivity contribution in [2.75, 3.05) is 19.0 Å². The number of hydrogen-bond donors (Lipinski definition) is 1. The fourth-order valence-electron chi connectivity index (χ4n) is 1.47. The van der Waals surface area contributed by atoms with Crippen molar-refractivity contribution < 1.29 is 4.74 Å². The summed E-state index contributed by atoms with van der Waals surface area (Å²) in [6, 6.07) is 1.94. The third-order valence-corrected chi connectivity index (χ3v) is 2.81. The number of nitrogens with one attached hydrogen (secondary N) is 1. The summed E-state index contributed by atoms with van der Waals surface area (Å²) in [5, 5.41) is 3.20. The molecule has 0 amide bonds. The maximum absolute atomic E-state index is 5.51. The maximum atomic E-state index is 5.51. The van der Waals surface area contributed by atoms with Gasteiger partial charge in [0.1, 0.15) is 11.4 Å². The van der Waals surface area contributed by atoms with Gasteiger partial charge in [0.25, 0.3) is 0 Å². The molecule has 1 aromatic heterocycles. The average Bonchev–Trinajstić information content (AvgIpc) is 2.27. The molecule has 0 aliphatic carbocycles. The number of aromatic nitrogens is 2. The number of ether oxygens (including phenoxy) is 1. The Hall–Kier alpha value is -1.16. The van der Waals surface area contributed by atoms with Gasteiger partial charge in [-0.15, -0.1) is 0 Å². The molecule has 0 bridgehead atoms. The van der Waals surface area contributed by atoms with E-state index in [9.17, 15) is 0 Å². The predicted octanol–water partition coefficient (Wildman–Crippen LogP) is 2.49. The molecular weight excluding hydrogens is 202 g/mol. The first-order chi connectivity index (χ1) is 7.55. The number of anilines is 1. The quantitative estimate of drug-likeness (QED) is 0.833. The molecule has 1 heterocycles. The SMILES string of the molecule is CCNc1cc(C)nc(C(C)(CC)OC)n1. The van der Waals surface area contributed by atoms with Crippen molar-refractivity contribution in [1.82, 2.24) is 9.97 Å². The van der Waals surface area contributed by atoms with Gasteiger partial charge >= 0.3 is 0 Å². The summed E-state index contributed by atoms with van der Waals surface area (Å²) in [6.45, 7) is 8.95. The van der Waals surface area contributed by atoms with Gasteiger partial charge in [-0.25, -0.2) is 9.97 Å². The molecule has 1 N–H and O–H groups in total. The van der Waals surface area contributed by atoms with Crippen LogP contribution in [0.1, 0.15) is 38.7 Å². The highest BCUT2D eigenvalue weighted by Crippen LogP contribution is 2.26. The van der Waals surface area contributed by atoms with Crippen LogP contribution in [0.4, 0.5) is 5.82 Å². The third-order valence-electron chi connectivity index (χ3n) is 2.81. The third kappa shape index (κ3) is 2.70. The molecule has 0 spiro atoms. The molecule has 1 unspecified atom stereocenters. The molecule has 1 atom stereocenters. The van der Waals surface area contributed by atoms with E-state index in [1.54, 1.807) is 7.11 Å². The number of hydrogen-bond acceptors (Lipinski definition) is 4. The molecule has 16 heavy (non-hydrogen) atoms. The monoisotopic (exact) mass is 223 g/mol. The Morgan fingerprint density at radius 1 is 1.38 bits per heavy atom. The van der Waals surface area contributed by atoms with Gasteiger partial charge in [-0.05, 0) is 27.2 Å². The number of nitrogens with zero attached hydrogens (tertiary/aromatic N) is 2. The van der Waals surface area contributed by atoms with Crippen LogP contribution in [0.2, 0.25) is 0 Å². The second-order valence-electron chi connectivity index (χ2n) is 4.04. The minimum atomic E-state index is -0.407. The van der Waals surface area contributed by atoms with Crippen LogP contribution < -0.4 is 5.32 Å². The van der Waals surface area contributed by atoms with Crippen molar-refractivity contribution in [2.45, 2.75) is 39.7 Å². The lowest BCUT2D eigenvalue weighted by molar-refractivity contribution is -0.00899. The van der Waals surface area contributed by atoms with Crippen LogP contribution in [0.3, 0.4) is 0 Å². The second kappa shape index (κ2) is 5.25. The van der Waals surface area contributed by atoms with E-state index in [1.807, 2.05) is 26.8 Å². The molecular formula is C12H21N3O. The molecule has 0 aliphatic heterocycles. The zero-order chi connectivity index (χ0) is 12.2. The molecule has 4 heteroatoms. The Labute approximate surface area is 97.5 Å². The molecule has 1 aromatic rings. The topological polar surface area (TPSA) is 47.0 Å². The van der Waals surface area contributed by atoms with E-state index in [1.165, 1.54) is 0 Å². The van der Waals surface area contributed by atoms with Gasteiger partial charge in [0.15, 0.2) is 5.82 Å². The lowest BCUT2D eigenvalue weighted by Gasteiger charge is -2.25. The summed E-state index contributed by atoms with van der Waals surface area (Å²) in [4.78, 5) is 8.94. The van der Waals surface area contributed by atoms with E-state index in [4.69, 9.17) is 4.74 Å². The smallest absolute Gasteiger partial charge is 0.162 e. The van der Waals surface area contributed by atoms with Gasteiger partial charge in [0, 0.05) is 25.4 Å². The molecule has 0 aromatic carbocycles. The van der Waals surface area contributed by atoms with Gasteiger partial charge < -0.3 is 10.1 Å². The highest BCUT2D eigenvalue weighted by molar-refractivity contribution is 5.36. The Morgan fingerprint density at radius 2 is 2.06 bits per heavy atom. The summed E-state index contributed by atoms with van der Waals surface area (Å²) >= 11 is 0. The molecule has 0 saturated carbocycles. The predicted molar refractivity (Wildman–Crippen MR) is 65.6 cm³/mol. The van der Waals surface area contributed by atoms with Crippen molar-refractivity contribution in [3.8, 4) is 0 Å². The van der Waals surface area contributed by atoms with Crippen LogP contribution in [0.15, 0.2) is 6.07 Å². The minimum absolute atomic E-state index is 0.407. The van der Waals surface area contributed by atoms with Gasteiger partial charge in [-0.2, -0.15) is 0 Å². The first-order valence-corrected chi connectivity index (χ1v) is 5.71. The zero-order valence-corrected chi connectivity index (χ0v) is 10.8. The summed E-state index contributed by atoms with van der Waals surface area (Å²) in [5.41, 5.74) is 0.550. The highest BCUT2D eigenvalue weighted by Gasteiger charge is 2.27. The molecule has 0 radical (unpaired) electrons. The summed E-state index contributed by atoms with van der Waals surface area (Å²) in [5.74, 6) is 1.61. The maximum Gasteiger partial charge on any atom is 0.162 e. The fraction of sp³-hybridized carbons (Fsp3) is 0.667. The van der Waals surface area contributed by atoms with Gasteiger partial charge in [0.2, 0.25) is 0 Å². The molecule has 90 valence electrons. The number of aryl methyl sites for hydroxylation is 1. The van der Waals surface area contributed by atoms with Crippen LogP contribution in [0, 0.1) is 6.92 Å². The largest absolute Gasteiger partial charge is 0.371 e. The normalized spacial score (nSPS) is 14.6. The van der Waals surface area contributed by atoms with Crippen molar-refractivity contribution in [3.05, 3.63) is 17.6 Å². The summed E-state index contributed by atoms with van der Waals surface area (Å²) in [6.07, 6.45) is 0.846. The molecule has 0 saturated heterocycles. The van der Waals surface area contributed by atoms with E-state index in [0.29, 0.717) is 0 Å². The van der Waals surface area contributed by atoms with Crippen LogP contribution in [0.25, 0.3) is 0 Å². The second-order valence-corrected chi connectivity index (χ2v) is 4.04. The van der Waals surface area contributed by atoms with Crippen LogP contribution in [-0.4, -0.2) is 23.6 Å².